The number of nitrogens with one attached hydrogen (secondary N) is 1. The van der Waals surface area contributed by atoms with Crippen molar-refractivity contribution in [3.63, 3.8) is 0 Å². The molecule has 0 amide bonds. The topological polar surface area (TPSA) is 46.2 Å². The lowest BCUT2D eigenvalue weighted by Gasteiger charge is -2.42. The smallest absolute Gasteiger partial charge is 0.211 e. The molecule has 0 heterocycles. The third-order valence-corrected chi connectivity index (χ3v) is 7.43. The van der Waals surface area contributed by atoms with Crippen molar-refractivity contribution in [3.05, 3.63) is 65.7 Å². The minimum atomic E-state index is -3.48. The van der Waals surface area contributed by atoms with Gasteiger partial charge >= 0.3 is 0 Å². The van der Waals surface area contributed by atoms with Gasteiger partial charge in [-0.05, 0) is 48.8 Å². The highest BCUT2D eigenvalue weighted by atomic mass is 32.2. The van der Waals surface area contributed by atoms with Gasteiger partial charge in [-0.3, -0.25) is 0 Å². The van der Waals surface area contributed by atoms with Crippen LogP contribution >= 0.6 is 0 Å². The van der Waals surface area contributed by atoms with E-state index in [0.29, 0.717) is 17.4 Å². The van der Waals surface area contributed by atoms with Crippen molar-refractivity contribution in [1.82, 2.24) is 4.72 Å². The van der Waals surface area contributed by atoms with Crippen LogP contribution in [0.3, 0.4) is 0 Å². The van der Waals surface area contributed by atoms with E-state index in [1.807, 2.05) is 25.1 Å². The minimum absolute atomic E-state index is 0.0165. The molecule has 3 rings (SSSR count). The Morgan fingerprint density at radius 3 is 2.19 bits per heavy atom. The largest absolute Gasteiger partial charge is 0.240 e. The van der Waals surface area contributed by atoms with Crippen LogP contribution in [0.15, 0.2) is 59.5 Å². The first-order chi connectivity index (χ1) is 12.4. The van der Waals surface area contributed by atoms with E-state index in [-0.39, 0.29) is 5.41 Å². The average Bonchev–Trinajstić information content (AvgIpc) is 2.68. The molecule has 1 unspecified atom stereocenters. The number of hydrogen-bond donors (Lipinski definition) is 1. The Morgan fingerprint density at radius 2 is 1.58 bits per heavy atom. The highest BCUT2D eigenvalue weighted by Crippen LogP contribution is 2.47. The lowest BCUT2D eigenvalue weighted by atomic mass is 9.64. The predicted octanol–water partition coefficient (Wildman–Crippen LogP) is 5.03. The Morgan fingerprint density at radius 1 is 0.962 bits per heavy atom. The maximum atomic E-state index is 12.8. The van der Waals surface area contributed by atoms with Gasteiger partial charge in [-0.2, -0.15) is 0 Å². The van der Waals surface area contributed by atoms with Crippen molar-refractivity contribution in [2.45, 2.75) is 56.8 Å². The van der Waals surface area contributed by atoms with E-state index >= 15 is 0 Å². The Kier molecular flexibility index (Phi) is 5.83. The van der Waals surface area contributed by atoms with Gasteiger partial charge in [0.05, 0.1) is 4.90 Å². The summed E-state index contributed by atoms with van der Waals surface area (Å²) in [5.41, 5.74) is 2.34. The third-order valence-electron chi connectivity index (χ3n) is 6.01. The van der Waals surface area contributed by atoms with E-state index in [0.717, 1.165) is 18.4 Å². The molecular formula is C22H29NO2S. The summed E-state index contributed by atoms with van der Waals surface area (Å²) in [6, 6.07) is 17.6. The summed E-state index contributed by atoms with van der Waals surface area (Å²) < 4.78 is 28.5. The van der Waals surface area contributed by atoms with Crippen LogP contribution in [0.1, 0.15) is 56.1 Å². The Bertz CT molecular complexity index is 807. The number of sulfonamides is 1. The van der Waals surface area contributed by atoms with Crippen LogP contribution in [-0.2, 0) is 10.0 Å². The standard InChI is InChI=1S/C22H29NO2S/c1-18-11-13-21(14-12-18)26(24,25)23-17-22(15-7-4-8-16-22)19(2)20-9-5-3-6-10-20/h3,5-6,9-14,19,23H,4,7-8,15-17H2,1-2H3. The fourth-order valence-electron chi connectivity index (χ4n) is 4.15. The molecule has 3 nitrogen and oxygen atoms in total. The molecule has 0 bridgehead atoms. The Hall–Kier alpha value is -1.65. The highest BCUT2D eigenvalue weighted by molar-refractivity contribution is 7.89. The normalized spacial score (nSPS) is 18.4. The molecule has 0 saturated heterocycles. The van der Waals surface area contributed by atoms with Gasteiger partial charge in [0.2, 0.25) is 10.0 Å². The molecule has 1 aliphatic rings. The second kappa shape index (κ2) is 7.93. The summed E-state index contributed by atoms with van der Waals surface area (Å²) in [7, 11) is -3.48. The number of benzene rings is 2. The molecule has 1 saturated carbocycles. The van der Waals surface area contributed by atoms with Gasteiger partial charge in [-0.1, -0.05) is 74.2 Å². The van der Waals surface area contributed by atoms with Crippen molar-refractivity contribution in [2.75, 3.05) is 6.54 Å². The monoisotopic (exact) mass is 371 g/mol. The molecule has 2 aromatic rings. The maximum absolute atomic E-state index is 12.8. The summed E-state index contributed by atoms with van der Waals surface area (Å²) in [6.07, 6.45) is 5.72. The summed E-state index contributed by atoms with van der Waals surface area (Å²) in [6.45, 7) is 4.71. The molecule has 1 aliphatic carbocycles. The van der Waals surface area contributed by atoms with Crippen LogP contribution in [0.2, 0.25) is 0 Å². The highest BCUT2D eigenvalue weighted by Gasteiger charge is 2.39. The quantitative estimate of drug-likeness (QED) is 0.774. The molecular weight excluding hydrogens is 342 g/mol. The van der Waals surface area contributed by atoms with Crippen LogP contribution in [0.4, 0.5) is 0 Å². The van der Waals surface area contributed by atoms with Crippen LogP contribution in [0, 0.1) is 12.3 Å². The molecule has 0 aromatic heterocycles. The van der Waals surface area contributed by atoms with E-state index < -0.39 is 10.0 Å². The van der Waals surface area contributed by atoms with E-state index in [4.69, 9.17) is 0 Å². The maximum Gasteiger partial charge on any atom is 0.240 e. The van der Waals surface area contributed by atoms with Crippen molar-refractivity contribution in [2.24, 2.45) is 5.41 Å². The lowest BCUT2D eigenvalue weighted by Crippen LogP contribution is -2.42. The second-order valence-electron chi connectivity index (χ2n) is 7.69. The summed E-state index contributed by atoms with van der Waals surface area (Å²) in [5.74, 6) is 0.324. The lowest BCUT2D eigenvalue weighted by molar-refractivity contribution is 0.155. The Labute approximate surface area is 157 Å². The summed E-state index contributed by atoms with van der Waals surface area (Å²) in [4.78, 5) is 0.349. The van der Waals surface area contributed by atoms with Crippen molar-refractivity contribution >= 4 is 10.0 Å². The second-order valence-corrected chi connectivity index (χ2v) is 9.46. The molecule has 0 spiro atoms. The molecule has 0 radical (unpaired) electrons. The zero-order valence-corrected chi connectivity index (χ0v) is 16.6. The summed E-state index contributed by atoms with van der Waals surface area (Å²) in [5, 5.41) is 0. The number of aryl methyl sites for hydroxylation is 1. The molecule has 1 N–H and O–H groups in total. The number of hydrogen-bond acceptors (Lipinski definition) is 2. The first kappa shape index (κ1) is 19.1. The van der Waals surface area contributed by atoms with Crippen molar-refractivity contribution < 1.29 is 8.42 Å². The van der Waals surface area contributed by atoms with Crippen LogP contribution in [0.5, 0.6) is 0 Å². The van der Waals surface area contributed by atoms with Crippen molar-refractivity contribution in [1.29, 1.82) is 0 Å². The number of rotatable bonds is 6. The first-order valence-corrected chi connectivity index (χ1v) is 11.0. The predicted molar refractivity (Wildman–Crippen MR) is 107 cm³/mol. The van der Waals surface area contributed by atoms with Crippen LogP contribution in [0.25, 0.3) is 0 Å². The van der Waals surface area contributed by atoms with Crippen LogP contribution < -0.4 is 4.72 Å². The zero-order valence-electron chi connectivity index (χ0n) is 15.7. The van der Waals surface area contributed by atoms with E-state index in [1.165, 1.54) is 24.8 Å². The van der Waals surface area contributed by atoms with Gasteiger partial charge < -0.3 is 0 Å². The van der Waals surface area contributed by atoms with Gasteiger partial charge in [0.1, 0.15) is 0 Å². The minimum Gasteiger partial charge on any atom is -0.211 e. The van der Waals surface area contributed by atoms with Gasteiger partial charge in [-0.25, -0.2) is 13.1 Å². The fraction of sp³-hybridized carbons (Fsp3) is 0.455. The summed E-state index contributed by atoms with van der Waals surface area (Å²) >= 11 is 0. The molecule has 140 valence electrons. The van der Waals surface area contributed by atoms with Gasteiger partial charge in [0.25, 0.3) is 0 Å². The van der Waals surface area contributed by atoms with Gasteiger partial charge in [0, 0.05) is 6.54 Å². The van der Waals surface area contributed by atoms with Gasteiger partial charge in [-0.15, -0.1) is 0 Å². The third kappa shape index (κ3) is 4.18. The van der Waals surface area contributed by atoms with Crippen LogP contribution in [-0.4, -0.2) is 15.0 Å². The molecule has 1 fully saturated rings. The SMILES string of the molecule is Cc1ccc(S(=O)(=O)NCC2(C(C)c3ccccc3)CCCCC2)cc1. The average molecular weight is 372 g/mol. The first-order valence-electron chi connectivity index (χ1n) is 9.54. The molecule has 0 aliphatic heterocycles. The van der Waals surface area contributed by atoms with Crippen molar-refractivity contribution in [3.8, 4) is 0 Å². The molecule has 4 heteroatoms. The fourth-order valence-corrected chi connectivity index (χ4v) is 5.29. The molecule has 1 atom stereocenters. The van der Waals surface area contributed by atoms with E-state index in [9.17, 15) is 8.42 Å². The molecule has 26 heavy (non-hydrogen) atoms. The zero-order chi connectivity index (χ0) is 18.6. The van der Waals surface area contributed by atoms with E-state index in [2.05, 4.69) is 35.9 Å². The van der Waals surface area contributed by atoms with E-state index in [1.54, 1.807) is 12.1 Å². The molecule has 2 aromatic carbocycles. The Balaban J connectivity index is 1.81. The van der Waals surface area contributed by atoms with Gasteiger partial charge in [0.15, 0.2) is 0 Å².